The topological polar surface area (TPSA) is 61.8 Å². The first-order valence-electron chi connectivity index (χ1n) is 5.24. The normalized spacial score (nSPS) is 33.3. The van der Waals surface area contributed by atoms with E-state index in [0.717, 1.165) is 6.42 Å². The van der Waals surface area contributed by atoms with Crippen LogP contribution in [0.5, 0.6) is 0 Å². The Morgan fingerprint density at radius 1 is 1.53 bits per heavy atom. The zero-order chi connectivity index (χ0) is 12.8. The number of thiocarbonyl (C=S) groups is 1. The van der Waals surface area contributed by atoms with Crippen molar-refractivity contribution < 1.29 is 18.3 Å². The summed E-state index contributed by atoms with van der Waals surface area (Å²) < 4.78 is 39.1. The molecule has 4 nitrogen and oxygen atoms in total. The predicted molar refractivity (Wildman–Crippen MR) is 59.0 cm³/mol. The molecule has 0 radical (unpaired) electrons. The SMILES string of the molecule is NC(=S)N1N=C2CCCC[C@H]2[C@@]1(O)C(F)(F)F. The molecule has 1 aliphatic carbocycles. The smallest absolute Gasteiger partial charge is 0.375 e. The summed E-state index contributed by atoms with van der Waals surface area (Å²) in [6, 6.07) is 0. The van der Waals surface area contributed by atoms with Gasteiger partial charge in [0, 0.05) is 5.71 Å². The van der Waals surface area contributed by atoms with Crippen molar-refractivity contribution in [2.75, 3.05) is 0 Å². The standard InChI is InChI=1S/C9H12F3N3OS/c10-9(11,12)8(16)5-3-1-2-4-6(5)14-15(8)7(13)17/h5,16H,1-4H2,(H2,13,17)/t5-,8-/m1/s1. The lowest BCUT2D eigenvalue weighted by atomic mass is 9.80. The molecule has 0 spiro atoms. The maximum Gasteiger partial charge on any atom is 0.439 e. The molecular weight excluding hydrogens is 255 g/mol. The number of hydrogen-bond donors (Lipinski definition) is 2. The number of hydrazone groups is 1. The summed E-state index contributed by atoms with van der Waals surface area (Å²) in [6.07, 6.45) is -2.75. The molecule has 96 valence electrons. The van der Waals surface area contributed by atoms with Crippen molar-refractivity contribution in [3.05, 3.63) is 0 Å². The predicted octanol–water partition coefficient (Wildman–Crippen LogP) is 1.34. The van der Waals surface area contributed by atoms with Crippen LogP contribution < -0.4 is 5.73 Å². The van der Waals surface area contributed by atoms with Crippen LogP contribution in [0.3, 0.4) is 0 Å². The van der Waals surface area contributed by atoms with Crippen LogP contribution in [-0.2, 0) is 0 Å². The Kier molecular flexibility index (Phi) is 2.81. The van der Waals surface area contributed by atoms with Crippen molar-refractivity contribution in [2.24, 2.45) is 16.8 Å². The summed E-state index contributed by atoms with van der Waals surface area (Å²) >= 11 is 4.53. The molecule has 1 heterocycles. The van der Waals surface area contributed by atoms with Crippen LogP contribution in [0.25, 0.3) is 0 Å². The van der Waals surface area contributed by atoms with Crippen molar-refractivity contribution >= 4 is 23.0 Å². The molecule has 2 rings (SSSR count). The van der Waals surface area contributed by atoms with Gasteiger partial charge in [0.2, 0.25) is 0 Å². The van der Waals surface area contributed by atoms with Crippen molar-refractivity contribution in [3.8, 4) is 0 Å². The fraction of sp³-hybridized carbons (Fsp3) is 0.778. The maximum atomic E-state index is 13.0. The van der Waals surface area contributed by atoms with E-state index >= 15 is 0 Å². The van der Waals surface area contributed by atoms with Crippen LogP contribution in [-0.4, -0.2) is 32.8 Å². The second-order valence-corrected chi connectivity index (χ2v) is 4.68. The average molecular weight is 267 g/mol. The summed E-state index contributed by atoms with van der Waals surface area (Å²) in [5.74, 6) is -1.06. The minimum Gasteiger partial charge on any atom is -0.375 e. The zero-order valence-electron chi connectivity index (χ0n) is 8.87. The van der Waals surface area contributed by atoms with E-state index < -0.39 is 22.9 Å². The second-order valence-electron chi connectivity index (χ2n) is 4.26. The number of alkyl halides is 3. The third kappa shape index (κ3) is 1.70. The van der Waals surface area contributed by atoms with Gasteiger partial charge in [-0.3, -0.25) is 0 Å². The van der Waals surface area contributed by atoms with E-state index in [-0.39, 0.29) is 6.42 Å². The first-order valence-corrected chi connectivity index (χ1v) is 5.65. The van der Waals surface area contributed by atoms with E-state index in [0.29, 0.717) is 23.6 Å². The Hall–Kier alpha value is -0.890. The lowest BCUT2D eigenvalue weighted by Crippen LogP contribution is -2.62. The number of hydrogen-bond acceptors (Lipinski definition) is 3. The Labute approximate surface area is 101 Å². The van der Waals surface area contributed by atoms with Crippen molar-refractivity contribution in [3.63, 3.8) is 0 Å². The molecule has 3 N–H and O–H groups in total. The fourth-order valence-corrected chi connectivity index (χ4v) is 2.62. The summed E-state index contributed by atoms with van der Waals surface area (Å²) in [6.45, 7) is 0. The molecule has 17 heavy (non-hydrogen) atoms. The number of halogens is 3. The molecule has 1 saturated carbocycles. The molecular formula is C9H12F3N3OS. The van der Waals surface area contributed by atoms with E-state index in [4.69, 9.17) is 5.73 Å². The minimum atomic E-state index is -4.84. The van der Waals surface area contributed by atoms with E-state index in [1.54, 1.807) is 0 Å². The highest BCUT2D eigenvalue weighted by Crippen LogP contribution is 2.47. The van der Waals surface area contributed by atoms with Crippen molar-refractivity contribution in [1.29, 1.82) is 0 Å². The zero-order valence-corrected chi connectivity index (χ0v) is 9.68. The highest BCUT2D eigenvalue weighted by Gasteiger charge is 2.67. The number of aliphatic hydroxyl groups is 1. The van der Waals surface area contributed by atoms with Crippen LogP contribution in [0.15, 0.2) is 5.10 Å². The third-order valence-corrected chi connectivity index (χ3v) is 3.41. The Balaban J connectivity index is 2.45. The summed E-state index contributed by atoms with van der Waals surface area (Å²) in [4.78, 5) is 0. The van der Waals surface area contributed by atoms with E-state index in [1.165, 1.54) is 0 Å². The van der Waals surface area contributed by atoms with Gasteiger partial charge in [-0.15, -0.1) is 0 Å². The quantitative estimate of drug-likeness (QED) is 0.650. The van der Waals surface area contributed by atoms with Gasteiger partial charge in [0.15, 0.2) is 5.11 Å². The second kappa shape index (κ2) is 3.81. The highest BCUT2D eigenvalue weighted by molar-refractivity contribution is 7.80. The van der Waals surface area contributed by atoms with Gasteiger partial charge >= 0.3 is 6.18 Å². The monoisotopic (exact) mass is 267 g/mol. The maximum absolute atomic E-state index is 13.0. The number of nitrogens with two attached hydrogens (primary N) is 1. The molecule has 0 aromatic rings. The van der Waals surface area contributed by atoms with E-state index in [9.17, 15) is 18.3 Å². The van der Waals surface area contributed by atoms with Gasteiger partial charge in [0.05, 0.1) is 5.92 Å². The molecule has 0 saturated heterocycles. The van der Waals surface area contributed by atoms with Crippen LogP contribution in [0, 0.1) is 5.92 Å². The number of nitrogens with zero attached hydrogens (tertiary/aromatic N) is 2. The van der Waals surface area contributed by atoms with Gasteiger partial charge in [-0.1, -0.05) is 6.42 Å². The summed E-state index contributed by atoms with van der Waals surface area (Å²) in [5.41, 5.74) is 2.48. The molecule has 1 fully saturated rings. The largest absolute Gasteiger partial charge is 0.439 e. The molecule has 2 atom stereocenters. The molecule has 0 bridgehead atoms. The molecule has 0 aromatic carbocycles. The van der Waals surface area contributed by atoms with Gasteiger partial charge in [-0.2, -0.15) is 23.3 Å². The van der Waals surface area contributed by atoms with Crippen LogP contribution in [0.4, 0.5) is 13.2 Å². The molecule has 0 aromatic heterocycles. The highest BCUT2D eigenvalue weighted by atomic mass is 32.1. The lowest BCUT2D eigenvalue weighted by Gasteiger charge is -2.38. The summed E-state index contributed by atoms with van der Waals surface area (Å²) in [7, 11) is 0. The average Bonchev–Trinajstić information content (AvgIpc) is 2.54. The van der Waals surface area contributed by atoms with Crippen LogP contribution in [0.1, 0.15) is 25.7 Å². The molecule has 1 aliphatic heterocycles. The van der Waals surface area contributed by atoms with E-state index in [1.807, 2.05) is 0 Å². The van der Waals surface area contributed by atoms with Crippen molar-refractivity contribution in [2.45, 2.75) is 37.6 Å². The molecule has 0 unspecified atom stereocenters. The van der Waals surface area contributed by atoms with Gasteiger partial charge < -0.3 is 10.8 Å². The van der Waals surface area contributed by atoms with Crippen LogP contribution in [0.2, 0.25) is 0 Å². The van der Waals surface area contributed by atoms with Gasteiger partial charge in [-0.25, -0.2) is 0 Å². The van der Waals surface area contributed by atoms with Crippen molar-refractivity contribution in [1.82, 2.24) is 5.01 Å². The van der Waals surface area contributed by atoms with Gasteiger partial charge in [-0.05, 0) is 31.5 Å². The third-order valence-electron chi connectivity index (χ3n) is 3.24. The first-order chi connectivity index (χ1) is 7.78. The van der Waals surface area contributed by atoms with Gasteiger partial charge in [0.1, 0.15) is 0 Å². The first kappa shape index (κ1) is 12.6. The number of rotatable bonds is 0. The van der Waals surface area contributed by atoms with E-state index in [2.05, 4.69) is 17.3 Å². The summed E-state index contributed by atoms with van der Waals surface area (Å²) in [5, 5.41) is 13.5. The molecule has 2 aliphatic rings. The molecule has 0 amide bonds. The fourth-order valence-electron chi connectivity index (χ4n) is 2.44. The number of fused-ring (bicyclic) bond motifs is 1. The minimum absolute atomic E-state index is 0.244. The molecule has 8 heteroatoms. The Morgan fingerprint density at radius 2 is 2.18 bits per heavy atom. The van der Waals surface area contributed by atoms with Crippen LogP contribution >= 0.6 is 12.2 Å². The lowest BCUT2D eigenvalue weighted by molar-refractivity contribution is -0.309. The Morgan fingerprint density at radius 3 is 2.71 bits per heavy atom. The van der Waals surface area contributed by atoms with Gasteiger partial charge in [0.25, 0.3) is 5.72 Å². The Bertz CT molecular complexity index is 384.